The number of fused-ring (bicyclic) bond motifs is 1. The van der Waals surface area contributed by atoms with Crippen LogP contribution in [0.5, 0.6) is 5.75 Å². The van der Waals surface area contributed by atoms with Crippen molar-refractivity contribution in [1.29, 1.82) is 0 Å². The van der Waals surface area contributed by atoms with E-state index in [2.05, 4.69) is 19.9 Å². The van der Waals surface area contributed by atoms with E-state index in [0.717, 1.165) is 31.0 Å². The summed E-state index contributed by atoms with van der Waals surface area (Å²) in [5.74, 6) is 1.49. The summed E-state index contributed by atoms with van der Waals surface area (Å²) in [4.78, 5) is 14.4. The summed E-state index contributed by atoms with van der Waals surface area (Å²) in [6, 6.07) is 6.90. The molecule has 3 heterocycles. The SMILES string of the molecule is CCOc1ccc(S(=O)(=O)N2CCCN(Cc3cnc(C)[nH]3)CC2)c2cccnc12. The fraction of sp³-hybridized carbons (Fsp3) is 0.429. The minimum Gasteiger partial charge on any atom is -0.492 e. The molecule has 0 spiro atoms. The van der Waals surface area contributed by atoms with Gasteiger partial charge in [0.15, 0.2) is 0 Å². The Morgan fingerprint density at radius 1 is 1.13 bits per heavy atom. The second-order valence-electron chi connectivity index (χ2n) is 7.42. The van der Waals surface area contributed by atoms with Crippen LogP contribution in [0.4, 0.5) is 0 Å². The lowest BCUT2D eigenvalue weighted by Crippen LogP contribution is -2.35. The molecule has 0 saturated carbocycles. The number of nitrogens with one attached hydrogen (secondary N) is 1. The second-order valence-corrected chi connectivity index (χ2v) is 9.33. The first-order valence-corrected chi connectivity index (χ1v) is 11.7. The minimum atomic E-state index is -3.64. The maximum Gasteiger partial charge on any atom is 0.243 e. The van der Waals surface area contributed by atoms with Gasteiger partial charge in [0.2, 0.25) is 10.0 Å². The Morgan fingerprint density at radius 2 is 2.00 bits per heavy atom. The standard InChI is InChI=1S/C21H27N5O3S/c1-3-29-19-7-8-20(18-6-4-9-22-21(18)19)30(27,28)26-11-5-10-25(12-13-26)15-17-14-23-16(2)24-17/h4,6-9,14H,3,5,10-13,15H2,1-2H3,(H,23,24). The van der Waals surface area contributed by atoms with Gasteiger partial charge in [-0.05, 0) is 51.1 Å². The van der Waals surface area contributed by atoms with E-state index in [1.807, 2.05) is 20.0 Å². The molecule has 0 unspecified atom stereocenters. The van der Waals surface area contributed by atoms with Gasteiger partial charge in [0.1, 0.15) is 17.1 Å². The first-order valence-electron chi connectivity index (χ1n) is 10.2. The molecule has 8 nitrogen and oxygen atoms in total. The van der Waals surface area contributed by atoms with Gasteiger partial charge in [-0.3, -0.25) is 9.88 Å². The molecule has 160 valence electrons. The number of nitrogens with zero attached hydrogens (tertiary/aromatic N) is 4. The number of sulfonamides is 1. The number of hydrogen-bond acceptors (Lipinski definition) is 6. The molecule has 0 bridgehead atoms. The third-order valence-corrected chi connectivity index (χ3v) is 7.26. The second kappa shape index (κ2) is 8.71. The Bertz CT molecular complexity index is 1130. The van der Waals surface area contributed by atoms with Crippen LogP contribution in [0.1, 0.15) is 24.9 Å². The number of aryl methyl sites for hydroxylation is 1. The van der Waals surface area contributed by atoms with Crippen LogP contribution < -0.4 is 4.74 Å². The van der Waals surface area contributed by atoms with Crippen molar-refractivity contribution < 1.29 is 13.2 Å². The highest BCUT2D eigenvalue weighted by Gasteiger charge is 2.29. The minimum absolute atomic E-state index is 0.284. The number of benzene rings is 1. The van der Waals surface area contributed by atoms with Gasteiger partial charge < -0.3 is 9.72 Å². The predicted molar refractivity (Wildman–Crippen MR) is 115 cm³/mol. The van der Waals surface area contributed by atoms with E-state index in [1.165, 1.54) is 0 Å². The van der Waals surface area contributed by atoms with Crippen molar-refractivity contribution in [2.45, 2.75) is 31.7 Å². The zero-order chi connectivity index (χ0) is 21.1. The Labute approximate surface area is 176 Å². The largest absolute Gasteiger partial charge is 0.492 e. The smallest absolute Gasteiger partial charge is 0.243 e. The molecule has 9 heteroatoms. The van der Waals surface area contributed by atoms with Crippen molar-refractivity contribution in [3.05, 3.63) is 48.2 Å². The molecule has 1 N–H and O–H groups in total. The fourth-order valence-electron chi connectivity index (χ4n) is 3.90. The molecule has 2 aromatic heterocycles. The highest BCUT2D eigenvalue weighted by Crippen LogP contribution is 2.31. The van der Waals surface area contributed by atoms with Gasteiger partial charge in [0.05, 0.1) is 11.5 Å². The van der Waals surface area contributed by atoms with Crippen LogP contribution in [0.2, 0.25) is 0 Å². The van der Waals surface area contributed by atoms with Gasteiger partial charge in [-0.25, -0.2) is 13.4 Å². The summed E-state index contributed by atoms with van der Waals surface area (Å²) in [6.45, 7) is 7.52. The zero-order valence-electron chi connectivity index (χ0n) is 17.3. The molecular weight excluding hydrogens is 402 g/mol. The molecule has 1 aromatic carbocycles. The van der Waals surface area contributed by atoms with Gasteiger partial charge in [0.25, 0.3) is 0 Å². The quantitative estimate of drug-likeness (QED) is 0.648. The van der Waals surface area contributed by atoms with E-state index < -0.39 is 10.0 Å². The first-order chi connectivity index (χ1) is 14.5. The number of rotatable bonds is 6. The third-order valence-electron chi connectivity index (χ3n) is 5.31. The number of H-pyrrole nitrogens is 1. The molecule has 30 heavy (non-hydrogen) atoms. The molecule has 4 rings (SSSR count). The van der Waals surface area contributed by atoms with Gasteiger partial charge >= 0.3 is 0 Å². The number of ether oxygens (including phenoxy) is 1. The van der Waals surface area contributed by atoms with Gasteiger partial charge in [-0.1, -0.05) is 0 Å². The van der Waals surface area contributed by atoms with Crippen LogP contribution in [-0.2, 0) is 16.6 Å². The molecule has 1 aliphatic rings. The van der Waals surface area contributed by atoms with Crippen molar-refractivity contribution in [1.82, 2.24) is 24.2 Å². The lowest BCUT2D eigenvalue weighted by atomic mass is 10.2. The predicted octanol–water partition coefficient (Wildman–Crippen LogP) is 2.56. The fourth-order valence-corrected chi connectivity index (χ4v) is 5.55. The van der Waals surface area contributed by atoms with Gasteiger partial charge in [-0.15, -0.1) is 0 Å². The van der Waals surface area contributed by atoms with Crippen LogP contribution in [0.15, 0.2) is 41.6 Å². The first kappa shape index (κ1) is 20.8. The summed E-state index contributed by atoms with van der Waals surface area (Å²) >= 11 is 0. The Hall–Kier alpha value is -2.49. The molecule has 0 atom stereocenters. The average Bonchev–Trinajstić information content (AvgIpc) is 2.99. The zero-order valence-corrected chi connectivity index (χ0v) is 18.2. The molecule has 1 aliphatic heterocycles. The molecule has 0 amide bonds. The summed E-state index contributed by atoms with van der Waals surface area (Å²) in [7, 11) is -3.64. The van der Waals surface area contributed by atoms with Crippen LogP contribution in [0, 0.1) is 6.92 Å². The monoisotopic (exact) mass is 429 g/mol. The van der Waals surface area contributed by atoms with E-state index in [9.17, 15) is 8.42 Å². The Balaban J connectivity index is 1.57. The lowest BCUT2D eigenvalue weighted by Gasteiger charge is -2.22. The van der Waals surface area contributed by atoms with Crippen molar-refractivity contribution in [2.75, 3.05) is 32.8 Å². The molecule has 1 saturated heterocycles. The van der Waals surface area contributed by atoms with Crippen LogP contribution in [-0.4, -0.2) is 65.4 Å². The molecule has 0 aliphatic carbocycles. The number of aromatic amines is 1. The maximum absolute atomic E-state index is 13.5. The molecule has 1 fully saturated rings. The third kappa shape index (κ3) is 4.19. The van der Waals surface area contributed by atoms with Crippen LogP contribution >= 0.6 is 0 Å². The molecule has 3 aromatic rings. The van der Waals surface area contributed by atoms with Crippen LogP contribution in [0.3, 0.4) is 0 Å². The van der Waals surface area contributed by atoms with E-state index in [1.54, 1.807) is 34.8 Å². The van der Waals surface area contributed by atoms with Gasteiger partial charge in [0, 0.05) is 49.7 Å². The summed E-state index contributed by atoms with van der Waals surface area (Å²) in [5.41, 5.74) is 1.62. The van der Waals surface area contributed by atoms with E-state index in [-0.39, 0.29) is 4.90 Å². The molecule has 0 radical (unpaired) electrons. The number of aromatic nitrogens is 3. The lowest BCUT2D eigenvalue weighted by molar-refractivity contribution is 0.276. The maximum atomic E-state index is 13.5. The van der Waals surface area contributed by atoms with E-state index >= 15 is 0 Å². The Morgan fingerprint density at radius 3 is 2.77 bits per heavy atom. The highest BCUT2D eigenvalue weighted by atomic mass is 32.2. The summed E-state index contributed by atoms with van der Waals surface area (Å²) < 4.78 is 34.3. The highest BCUT2D eigenvalue weighted by molar-refractivity contribution is 7.89. The Kier molecular flexibility index (Phi) is 6.03. The summed E-state index contributed by atoms with van der Waals surface area (Å²) in [6.07, 6.45) is 4.27. The van der Waals surface area contributed by atoms with Crippen molar-refractivity contribution >= 4 is 20.9 Å². The van der Waals surface area contributed by atoms with E-state index in [4.69, 9.17) is 4.74 Å². The average molecular weight is 430 g/mol. The molecular formula is C21H27N5O3S. The van der Waals surface area contributed by atoms with Crippen molar-refractivity contribution in [3.8, 4) is 5.75 Å². The van der Waals surface area contributed by atoms with E-state index in [0.29, 0.717) is 42.9 Å². The number of pyridine rings is 1. The normalized spacial score (nSPS) is 16.6. The topological polar surface area (TPSA) is 91.4 Å². The summed E-state index contributed by atoms with van der Waals surface area (Å²) in [5, 5.41) is 0.595. The van der Waals surface area contributed by atoms with Crippen molar-refractivity contribution in [3.63, 3.8) is 0 Å². The van der Waals surface area contributed by atoms with Crippen molar-refractivity contribution in [2.24, 2.45) is 0 Å². The van der Waals surface area contributed by atoms with Gasteiger partial charge in [-0.2, -0.15) is 4.31 Å². The van der Waals surface area contributed by atoms with Crippen LogP contribution in [0.25, 0.3) is 10.9 Å². The number of imidazole rings is 1. The number of hydrogen-bond donors (Lipinski definition) is 1.